The first-order valence-corrected chi connectivity index (χ1v) is 6.08. The van der Waals surface area contributed by atoms with Gasteiger partial charge in [0.15, 0.2) is 0 Å². The molecule has 0 saturated heterocycles. The van der Waals surface area contributed by atoms with Gasteiger partial charge in [-0.2, -0.15) is 5.26 Å². The highest BCUT2D eigenvalue weighted by molar-refractivity contribution is 5.38. The molecule has 0 atom stereocenters. The van der Waals surface area contributed by atoms with Crippen molar-refractivity contribution in [2.75, 3.05) is 6.54 Å². The molecule has 0 saturated carbocycles. The van der Waals surface area contributed by atoms with Gasteiger partial charge in [0.2, 0.25) is 0 Å². The van der Waals surface area contributed by atoms with Crippen LogP contribution in [0.3, 0.4) is 0 Å². The molecule has 96 valence electrons. The van der Waals surface area contributed by atoms with E-state index < -0.39 is 5.82 Å². The van der Waals surface area contributed by atoms with Crippen molar-refractivity contribution < 1.29 is 4.39 Å². The highest BCUT2D eigenvalue weighted by atomic mass is 19.1. The number of halogens is 1. The largest absolute Gasteiger partial charge is 0.311 e. The van der Waals surface area contributed by atoms with E-state index in [4.69, 9.17) is 5.26 Å². The number of rotatable bonds is 2. The molecular formula is C13H12FN5. The third kappa shape index (κ3) is 2.20. The molecule has 6 heteroatoms. The fourth-order valence-electron chi connectivity index (χ4n) is 2.27. The third-order valence-corrected chi connectivity index (χ3v) is 3.26. The minimum atomic E-state index is -0.398. The predicted octanol–water partition coefficient (Wildman–Crippen LogP) is 0.983. The number of fused-ring (bicyclic) bond motifs is 1. The number of hydrogen-bond donors (Lipinski definition) is 1. The summed E-state index contributed by atoms with van der Waals surface area (Å²) in [6.45, 7) is 2.07. The second-order valence-corrected chi connectivity index (χ2v) is 4.48. The van der Waals surface area contributed by atoms with Crippen LogP contribution < -0.4 is 5.32 Å². The number of aromatic nitrogens is 3. The first-order chi connectivity index (χ1) is 9.28. The van der Waals surface area contributed by atoms with Gasteiger partial charge in [-0.15, -0.1) is 5.10 Å². The smallest absolute Gasteiger partial charge is 0.124 e. The zero-order valence-electron chi connectivity index (χ0n) is 10.2. The van der Waals surface area contributed by atoms with Gasteiger partial charge in [-0.1, -0.05) is 11.3 Å². The molecular weight excluding hydrogens is 245 g/mol. The Morgan fingerprint density at radius 3 is 3.21 bits per heavy atom. The van der Waals surface area contributed by atoms with E-state index in [1.165, 1.54) is 12.1 Å². The summed E-state index contributed by atoms with van der Waals surface area (Å²) >= 11 is 0. The van der Waals surface area contributed by atoms with Crippen molar-refractivity contribution in [2.24, 2.45) is 0 Å². The molecule has 1 aromatic carbocycles. The molecule has 0 unspecified atom stereocenters. The second kappa shape index (κ2) is 4.78. The van der Waals surface area contributed by atoms with Gasteiger partial charge in [-0.25, -0.2) is 9.07 Å². The maximum absolute atomic E-state index is 13.1. The van der Waals surface area contributed by atoms with Gasteiger partial charge in [-0.3, -0.25) is 0 Å². The molecule has 0 amide bonds. The highest BCUT2D eigenvalue weighted by Crippen LogP contribution is 2.15. The monoisotopic (exact) mass is 257 g/mol. The minimum Gasteiger partial charge on any atom is -0.311 e. The van der Waals surface area contributed by atoms with Crippen molar-refractivity contribution >= 4 is 0 Å². The Balaban J connectivity index is 1.94. The Morgan fingerprint density at radius 2 is 2.37 bits per heavy atom. The molecule has 1 aromatic heterocycles. The molecule has 0 aliphatic carbocycles. The lowest BCUT2D eigenvalue weighted by Crippen LogP contribution is -2.25. The lowest BCUT2D eigenvalue weighted by Gasteiger charge is -2.13. The summed E-state index contributed by atoms with van der Waals surface area (Å²) in [7, 11) is 0. The Kier molecular flexibility index (Phi) is 2.97. The van der Waals surface area contributed by atoms with E-state index in [9.17, 15) is 4.39 Å². The van der Waals surface area contributed by atoms with Crippen LogP contribution in [-0.4, -0.2) is 21.5 Å². The number of nitriles is 1. The number of nitrogens with one attached hydrogen (secondary N) is 1. The molecule has 1 N–H and O–H groups in total. The van der Waals surface area contributed by atoms with Crippen LogP contribution in [0.4, 0.5) is 4.39 Å². The van der Waals surface area contributed by atoms with E-state index in [2.05, 4.69) is 15.6 Å². The van der Waals surface area contributed by atoms with Crippen LogP contribution in [0, 0.1) is 17.1 Å². The van der Waals surface area contributed by atoms with Gasteiger partial charge in [0.25, 0.3) is 0 Å². The molecule has 1 aliphatic heterocycles. The van der Waals surface area contributed by atoms with Gasteiger partial charge in [-0.05, 0) is 17.7 Å². The van der Waals surface area contributed by atoms with E-state index in [0.29, 0.717) is 12.1 Å². The Labute approximate surface area is 109 Å². The van der Waals surface area contributed by atoms with Crippen LogP contribution in [-0.2, 0) is 19.5 Å². The first-order valence-electron chi connectivity index (χ1n) is 6.08. The van der Waals surface area contributed by atoms with Crippen LogP contribution in [0.2, 0.25) is 0 Å². The number of benzene rings is 1. The summed E-state index contributed by atoms with van der Waals surface area (Å²) in [5.74, 6) is -0.398. The summed E-state index contributed by atoms with van der Waals surface area (Å²) in [6.07, 6.45) is 0.866. The maximum atomic E-state index is 13.1. The lowest BCUT2D eigenvalue weighted by atomic mass is 10.1. The van der Waals surface area contributed by atoms with Crippen molar-refractivity contribution in [3.8, 4) is 6.07 Å². The van der Waals surface area contributed by atoms with Crippen molar-refractivity contribution in [3.63, 3.8) is 0 Å². The third-order valence-electron chi connectivity index (χ3n) is 3.26. The summed E-state index contributed by atoms with van der Waals surface area (Å²) in [5, 5.41) is 20.5. The first kappa shape index (κ1) is 11.8. The van der Waals surface area contributed by atoms with Gasteiger partial charge in [0, 0.05) is 19.5 Å². The molecule has 2 aromatic rings. The topological polar surface area (TPSA) is 66.5 Å². The van der Waals surface area contributed by atoms with Gasteiger partial charge >= 0.3 is 0 Å². The molecule has 19 heavy (non-hydrogen) atoms. The van der Waals surface area contributed by atoms with Crippen LogP contribution in [0.25, 0.3) is 0 Å². The molecule has 2 heterocycles. The second-order valence-electron chi connectivity index (χ2n) is 4.48. The average molecular weight is 257 g/mol. The van der Waals surface area contributed by atoms with Crippen molar-refractivity contribution in [3.05, 3.63) is 46.5 Å². The van der Waals surface area contributed by atoms with Crippen LogP contribution in [0.1, 0.15) is 22.5 Å². The minimum absolute atomic E-state index is 0.346. The molecule has 0 fully saturated rings. The van der Waals surface area contributed by atoms with Crippen LogP contribution >= 0.6 is 0 Å². The zero-order valence-corrected chi connectivity index (χ0v) is 10.2. The number of hydrogen-bond acceptors (Lipinski definition) is 4. The fraction of sp³-hybridized carbons (Fsp3) is 0.308. The predicted molar refractivity (Wildman–Crippen MR) is 65.6 cm³/mol. The molecule has 1 aliphatic rings. The molecule has 5 nitrogen and oxygen atoms in total. The lowest BCUT2D eigenvalue weighted by molar-refractivity contribution is 0.579. The maximum Gasteiger partial charge on any atom is 0.124 e. The van der Waals surface area contributed by atoms with E-state index >= 15 is 0 Å². The molecule has 0 radical (unpaired) electrons. The fourth-order valence-corrected chi connectivity index (χ4v) is 2.27. The van der Waals surface area contributed by atoms with Crippen molar-refractivity contribution in [1.29, 1.82) is 5.26 Å². The zero-order chi connectivity index (χ0) is 13.2. The van der Waals surface area contributed by atoms with Crippen LogP contribution in [0.5, 0.6) is 0 Å². The van der Waals surface area contributed by atoms with Gasteiger partial charge in [0.05, 0.1) is 29.6 Å². The molecule has 3 rings (SSSR count). The summed E-state index contributed by atoms with van der Waals surface area (Å²) < 4.78 is 14.9. The van der Waals surface area contributed by atoms with E-state index in [1.807, 2.05) is 6.07 Å². The SMILES string of the molecule is N#Cc1cc(F)ccc1Cn1nnc2c1CCNC2. The quantitative estimate of drug-likeness (QED) is 0.871. The van der Waals surface area contributed by atoms with Crippen molar-refractivity contribution in [2.45, 2.75) is 19.5 Å². The van der Waals surface area contributed by atoms with E-state index in [0.717, 1.165) is 36.5 Å². The Hall–Kier alpha value is -2.26. The summed E-state index contributed by atoms with van der Waals surface area (Å²) in [4.78, 5) is 0. The van der Waals surface area contributed by atoms with Gasteiger partial charge in [0.1, 0.15) is 5.82 Å². The average Bonchev–Trinajstić information content (AvgIpc) is 2.84. The van der Waals surface area contributed by atoms with Crippen LogP contribution in [0.15, 0.2) is 18.2 Å². The Bertz CT molecular complexity index is 656. The summed E-state index contributed by atoms with van der Waals surface area (Å²) in [5.41, 5.74) is 3.15. The van der Waals surface area contributed by atoms with Gasteiger partial charge < -0.3 is 5.32 Å². The number of nitrogens with zero attached hydrogens (tertiary/aromatic N) is 4. The van der Waals surface area contributed by atoms with Crippen molar-refractivity contribution in [1.82, 2.24) is 20.3 Å². The molecule has 0 spiro atoms. The standard InChI is InChI=1S/C13H12FN5/c14-11-2-1-9(10(5-11)6-15)8-19-13-3-4-16-7-12(13)17-18-19/h1-2,5,16H,3-4,7-8H2. The normalized spacial score (nSPS) is 13.9. The Morgan fingerprint density at radius 1 is 1.47 bits per heavy atom. The highest BCUT2D eigenvalue weighted by Gasteiger charge is 2.17. The molecule has 0 bridgehead atoms. The van der Waals surface area contributed by atoms with E-state index in [-0.39, 0.29) is 0 Å². The van der Waals surface area contributed by atoms with E-state index in [1.54, 1.807) is 10.7 Å². The summed E-state index contributed by atoms with van der Waals surface area (Å²) in [6, 6.07) is 6.26.